The summed E-state index contributed by atoms with van der Waals surface area (Å²) in [5.41, 5.74) is 2.20. The Morgan fingerprint density at radius 1 is 0.963 bits per heavy atom. The van der Waals surface area contributed by atoms with Crippen LogP contribution in [-0.2, 0) is 6.54 Å². The first-order chi connectivity index (χ1) is 13.1. The number of hydrogen-bond donors (Lipinski definition) is 1. The van der Waals surface area contributed by atoms with Gasteiger partial charge in [0.05, 0.1) is 0 Å². The molecule has 27 heavy (non-hydrogen) atoms. The summed E-state index contributed by atoms with van der Waals surface area (Å²) in [5.74, 6) is 0.0602. The summed E-state index contributed by atoms with van der Waals surface area (Å²) in [7, 11) is 4.32. The number of nitrogens with one attached hydrogen (secondary N) is 1. The van der Waals surface area contributed by atoms with Crippen LogP contribution in [0, 0.1) is 0 Å². The number of rotatable bonds is 6. The van der Waals surface area contributed by atoms with Crippen molar-refractivity contribution < 1.29 is 4.79 Å². The van der Waals surface area contributed by atoms with Crippen molar-refractivity contribution in [3.05, 3.63) is 35.4 Å². The van der Waals surface area contributed by atoms with Crippen molar-refractivity contribution in [1.29, 1.82) is 0 Å². The first-order valence-electron chi connectivity index (χ1n) is 10.9. The van der Waals surface area contributed by atoms with E-state index in [9.17, 15) is 4.79 Å². The second-order valence-corrected chi connectivity index (χ2v) is 8.75. The van der Waals surface area contributed by atoms with Crippen molar-refractivity contribution in [2.24, 2.45) is 0 Å². The van der Waals surface area contributed by atoms with Crippen molar-refractivity contribution in [3.63, 3.8) is 0 Å². The first-order valence-corrected chi connectivity index (χ1v) is 10.9. The lowest BCUT2D eigenvalue weighted by Crippen LogP contribution is -2.52. The van der Waals surface area contributed by atoms with Gasteiger partial charge in [-0.15, -0.1) is 0 Å². The van der Waals surface area contributed by atoms with Gasteiger partial charge in [-0.05, 0) is 70.6 Å². The Balaban J connectivity index is 1.55. The molecule has 1 heterocycles. The first kappa shape index (κ1) is 20.3. The van der Waals surface area contributed by atoms with Gasteiger partial charge in [0.2, 0.25) is 0 Å². The Morgan fingerprint density at radius 3 is 2.15 bits per heavy atom. The molecule has 1 saturated carbocycles. The molecule has 150 valence electrons. The summed E-state index contributed by atoms with van der Waals surface area (Å²) >= 11 is 0. The zero-order valence-corrected chi connectivity index (χ0v) is 17.3. The lowest BCUT2D eigenvalue weighted by Gasteiger charge is -2.39. The maximum Gasteiger partial charge on any atom is 0.251 e. The third-order valence-corrected chi connectivity index (χ3v) is 6.63. The lowest BCUT2D eigenvalue weighted by atomic mass is 9.88. The maximum absolute atomic E-state index is 12.7. The predicted octanol–water partition coefficient (Wildman–Crippen LogP) is 4.06. The molecule has 0 atom stereocenters. The Morgan fingerprint density at radius 2 is 1.56 bits per heavy atom. The van der Waals surface area contributed by atoms with Crippen molar-refractivity contribution in [2.45, 2.75) is 69.9 Å². The number of carbonyl (C=O) groups is 1. The molecule has 4 heteroatoms. The third-order valence-electron chi connectivity index (χ3n) is 6.63. The number of likely N-dealkylation sites (tertiary alicyclic amines) is 1. The van der Waals surface area contributed by atoms with Gasteiger partial charge in [-0.3, -0.25) is 9.69 Å². The molecule has 1 N–H and O–H groups in total. The number of nitrogens with zero attached hydrogens (tertiary/aromatic N) is 2. The average molecular weight is 372 g/mol. The van der Waals surface area contributed by atoms with Gasteiger partial charge in [0.25, 0.3) is 5.91 Å². The highest BCUT2D eigenvalue weighted by atomic mass is 16.1. The van der Waals surface area contributed by atoms with Crippen LogP contribution >= 0.6 is 0 Å². The predicted molar refractivity (Wildman–Crippen MR) is 112 cm³/mol. The van der Waals surface area contributed by atoms with Crippen LogP contribution in [0.4, 0.5) is 0 Å². The molecule has 0 unspecified atom stereocenters. The van der Waals surface area contributed by atoms with E-state index in [1.165, 1.54) is 76.4 Å². The highest BCUT2D eigenvalue weighted by Crippen LogP contribution is 2.30. The zero-order valence-electron chi connectivity index (χ0n) is 17.3. The maximum atomic E-state index is 12.7. The summed E-state index contributed by atoms with van der Waals surface area (Å²) in [6.45, 7) is 4.16. The molecule has 0 aromatic heterocycles. The summed E-state index contributed by atoms with van der Waals surface area (Å²) in [5, 5.41) is 3.23. The van der Waals surface area contributed by atoms with Crippen molar-refractivity contribution in [1.82, 2.24) is 15.1 Å². The SMILES string of the molecule is CN(C)C1(CNC(=O)c2ccc(CN3CCCCC3)cc2)CCCCCC1. The van der Waals surface area contributed by atoms with Crippen LogP contribution in [0.25, 0.3) is 0 Å². The minimum Gasteiger partial charge on any atom is -0.350 e. The van der Waals surface area contributed by atoms with E-state index < -0.39 is 0 Å². The molecule has 2 fully saturated rings. The molecule has 1 aliphatic carbocycles. The van der Waals surface area contributed by atoms with E-state index in [2.05, 4.69) is 41.3 Å². The van der Waals surface area contributed by atoms with Crippen molar-refractivity contribution in [3.8, 4) is 0 Å². The number of benzene rings is 1. The molecule has 0 radical (unpaired) electrons. The highest BCUT2D eigenvalue weighted by molar-refractivity contribution is 5.94. The monoisotopic (exact) mass is 371 g/mol. The van der Waals surface area contributed by atoms with Crippen LogP contribution < -0.4 is 5.32 Å². The zero-order chi connectivity index (χ0) is 19.1. The molecule has 1 aliphatic heterocycles. The molecular formula is C23H37N3O. The van der Waals surface area contributed by atoms with Crippen LogP contribution in [0.2, 0.25) is 0 Å². The van der Waals surface area contributed by atoms with Gasteiger partial charge in [0.15, 0.2) is 0 Å². The van der Waals surface area contributed by atoms with E-state index in [1.54, 1.807) is 0 Å². The quantitative estimate of drug-likeness (QED) is 0.766. The van der Waals surface area contributed by atoms with E-state index in [1.807, 2.05) is 12.1 Å². The fourth-order valence-corrected chi connectivity index (χ4v) is 4.65. The number of carbonyl (C=O) groups excluding carboxylic acids is 1. The fraction of sp³-hybridized carbons (Fsp3) is 0.696. The third kappa shape index (κ3) is 5.55. The van der Waals surface area contributed by atoms with Gasteiger partial charge in [-0.2, -0.15) is 0 Å². The fourth-order valence-electron chi connectivity index (χ4n) is 4.65. The molecule has 2 aliphatic rings. The van der Waals surface area contributed by atoms with Gasteiger partial charge < -0.3 is 10.2 Å². The van der Waals surface area contributed by atoms with E-state index in [-0.39, 0.29) is 11.4 Å². The van der Waals surface area contributed by atoms with Crippen LogP contribution in [0.1, 0.15) is 73.7 Å². The number of amides is 1. The molecule has 0 bridgehead atoms. The van der Waals surface area contributed by atoms with Gasteiger partial charge in [0, 0.05) is 24.2 Å². The van der Waals surface area contributed by atoms with Gasteiger partial charge in [0.1, 0.15) is 0 Å². The van der Waals surface area contributed by atoms with Gasteiger partial charge >= 0.3 is 0 Å². The normalized spacial score (nSPS) is 21.0. The Hall–Kier alpha value is -1.39. The Labute approximate surface area is 165 Å². The average Bonchev–Trinajstić information content (AvgIpc) is 2.94. The molecule has 3 rings (SSSR count). The topological polar surface area (TPSA) is 35.6 Å². The van der Waals surface area contributed by atoms with E-state index in [0.717, 1.165) is 18.7 Å². The molecule has 0 spiro atoms. The van der Waals surface area contributed by atoms with Gasteiger partial charge in [-0.25, -0.2) is 0 Å². The largest absolute Gasteiger partial charge is 0.350 e. The smallest absolute Gasteiger partial charge is 0.251 e. The lowest BCUT2D eigenvalue weighted by molar-refractivity contribution is 0.0869. The molecule has 1 saturated heterocycles. The molecular weight excluding hydrogens is 334 g/mol. The van der Waals surface area contributed by atoms with E-state index in [0.29, 0.717) is 0 Å². The summed E-state index contributed by atoms with van der Waals surface area (Å²) in [6, 6.07) is 8.22. The van der Waals surface area contributed by atoms with Crippen molar-refractivity contribution in [2.75, 3.05) is 33.7 Å². The minimum absolute atomic E-state index is 0.0602. The van der Waals surface area contributed by atoms with Crippen LogP contribution in [0.3, 0.4) is 0 Å². The number of hydrogen-bond acceptors (Lipinski definition) is 3. The minimum atomic E-state index is 0.0602. The summed E-state index contributed by atoms with van der Waals surface area (Å²) in [6.07, 6.45) is 11.5. The van der Waals surface area contributed by atoms with E-state index >= 15 is 0 Å². The van der Waals surface area contributed by atoms with Gasteiger partial charge in [-0.1, -0.05) is 44.2 Å². The summed E-state index contributed by atoms with van der Waals surface area (Å²) < 4.78 is 0. The standard InChI is InChI=1S/C23H37N3O/c1-25(2)23(14-6-3-4-7-15-23)19-24-22(27)21-12-10-20(11-13-21)18-26-16-8-5-9-17-26/h10-13H,3-9,14-19H2,1-2H3,(H,24,27). The Bertz CT molecular complexity index is 582. The number of likely N-dealkylation sites (N-methyl/N-ethyl adjacent to an activating group) is 1. The van der Waals surface area contributed by atoms with Crippen molar-refractivity contribution >= 4 is 5.91 Å². The number of piperidine rings is 1. The van der Waals surface area contributed by atoms with Crippen LogP contribution in [0.5, 0.6) is 0 Å². The molecule has 4 nitrogen and oxygen atoms in total. The highest BCUT2D eigenvalue weighted by Gasteiger charge is 2.33. The Kier molecular flexibility index (Phi) is 7.31. The summed E-state index contributed by atoms with van der Waals surface area (Å²) in [4.78, 5) is 17.6. The van der Waals surface area contributed by atoms with E-state index in [4.69, 9.17) is 0 Å². The molecule has 1 aromatic carbocycles. The second-order valence-electron chi connectivity index (χ2n) is 8.75. The molecule has 1 amide bonds. The van der Waals surface area contributed by atoms with Crippen LogP contribution in [-0.4, -0.2) is 55.0 Å². The second kappa shape index (κ2) is 9.70. The van der Waals surface area contributed by atoms with Crippen LogP contribution in [0.15, 0.2) is 24.3 Å². The molecule has 1 aromatic rings.